The van der Waals surface area contributed by atoms with E-state index in [1.54, 1.807) is 0 Å². The summed E-state index contributed by atoms with van der Waals surface area (Å²) in [6.07, 6.45) is 3.25. The van der Waals surface area contributed by atoms with Crippen LogP contribution in [0.1, 0.15) is 26.2 Å². The van der Waals surface area contributed by atoms with Crippen LogP contribution < -0.4 is 5.32 Å². The summed E-state index contributed by atoms with van der Waals surface area (Å²) in [5.41, 5.74) is 0. The molecule has 2 aliphatic carbocycles. The maximum Gasteiger partial charge on any atom is 0.217 e. The van der Waals surface area contributed by atoms with Crippen molar-refractivity contribution in [1.29, 1.82) is 0 Å². The molecule has 0 aromatic heterocycles. The van der Waals surface area contributed by atoms with Gasteiger partial charge in [-0.1, -0.05) is 6.42 Å². The summed E-state index contributed by atoms with van der Waals surface area (Å²) in [5, 5.41) is 12.4. The van der Waals surface area contributed by atoms with Crippen molar-refractivity contribution in [3.8, 4) is 0 Å². The number of fused-ring (bicyclic) bond motifs is 1. The van der Waals surface area contributed by atoms with Crippen LogP contribution in [0.5, 0.6) is 0 Å². The topological polar surface area (TPSA) is 49.3 Å². The van der Waals surface area contributed by atoms with Crippen LogP contribution >= 0.6 is 0 Å². The Labute approximate surface area is 72.2 Å². The highest BCUT2D eigenvalue weighted by Gasteiger charge is 2.51. The van der Waals surface area contributed by atoms with Crippen molar-refractivity contribution < 1.29 is 9.90 Å². The molecule has 1 amide bonds. The number of carbonyl (C=O) groups is 1. The molecule has 12 heavy (non-hydrogen) atoms. The smallest absolute Gasteiger partial charge is 0.217 e. The molecule has 0 radical (unpaired) electrons. The zero-order valence-electron chi connectivity index (χ0n) is 7.29. The van der Waals surface area contributed by atoms with Crippen LogP contribution in [0.25, 0.3) is 0 Å². The molecular formula is C9H15NO2. The molecule has 0 spiro atoms. The van der Waals surface area contributed by atoms with E-state index in [0.717, 1.165) is 6.42 Å². The van der Waals surface area contributed by atoms with Crippen LogP contribution in [-0.4, -0.2) is 23.2 Å². The lowest BCUT2D eigenvalue weighted by Gasteiger charge is -2.45. The van der Waals surface area contributed by atoms with Crippen LogP contribution in [0.4, 0.5) is 0 Å². The van der Waals surface area contributed by atoms with Crippen molar-refractivity contribution in [2.75, 3.05) is 0 Å². The second kappa shape index (κ2) is 2.73. The summed E-state index contributed by atoms with van der Waals surface area (Å²) in [7, 11) is 0. The highest BCUT2D eigenvalue weighted by atomic mass is 16.3. The fourth-order valence-electron chi connectivity index (χ4n) is 2.69. The summed E-state index contributed by atoms with van der Waals surface area (Å²) in [5.74, 6) is 1.01. The van der Waals surface area contributed by atoms with E-state index in [1.165, 1.54) is 19.8 Å². The van der Waals surface area contributed by atoms with Crippen molar-refractivity contribution >= 4 is 5.91 Å². The highest BCUT2D eigenvalue weighted by Crippen LogP contribution is 2.46. The number of aliphatic hydroxyl groups is 1. The van der Waals surface area contributed by atoms with Crippen molar-refractivity contribution in [2.24, 2.45) is 11.8 Å². The maximum atomic E-state index is 10.8. The first-order valence-corrected chi connectivity index (χ1v) is 4.65. The van der Waals surface area contributed by atoms with Crippen molar-refractivity contribution in [2.45, 2.75) is 38.3 Å². The number of rotatable bonds is 1. The zero-order chi connectivity index (χ0) is 8.72. The normalized spacial score (nSPS) is 44.8. The molecule has 0 heterocycles. The molecule has 0 aromatic rings. The van der Waals surface area contributed by atoms with Crippen LogP contribution in [0.15, 0.2) is 0 Å². The largest absolute Gasteiger partial charge is 0.391 e. The van der Waals surface area contributed by atoms with Crippen molar-refractivity contribution in [1.82, 2.24) is 5.32 Å². The molecule has 68 valence electrons. The van der Waals surface area contributed by atoms with Gasteiger partial charge in [0.25, 0.3) is 0 Å². The van der Waals surface area contributed by atoms with E-state index >= 15 is 0 Å². The van der Waals surface area contributed by atoms with E-state index < -0.39 is 0 Å². The van der Waals surface area contributed by atoms with Crippen LogP contribution in [-0.2, 0) is 4.79 Å². The molecule has 0 unspecified atom stereocenters. The van der Waals surface area contributed by atoms with E-state index in [0.29, 0.717) is 11.8 Å². The number of nitrogens with one attached hydrogen (secondary N) is 1. The summed E-state index contributed by atoms with van der Waals surface area (Å²) in [6.45, 7) is 1.51. The molecule has 2 saturated carbocycles. The van der Waals surface area contributed by atoms with E-state index in [2.05, 4.69) is 5.32 Å². The minimum atomic E-state index is -0.276. The molecule has 2 N–H and O–H groups in total. The molecule has 0 aliphatic heterocycles. The number of aliphatic hydroxyl groups excluding tert-OH is 1. The second-order valence-corrected chi connectivity index (χ2v) is 3.98. The number of hydrogen-bond acceptors (Lipinski definition) is 2. The minimum Gasteiger partial charge on any atom is -0.391 e. The molecule has 3 heteroatoms. The SMILES string of the molecule is CC(=O)N[C@@H]1[C@H](O)[C@@H]2CCC[C@@H]21. The van der Waals surface area contributed by atoms with Crippen LogP contribution in [0.3, 0.4) is 0 Å². The first-order valence-electron chi connectivity index (χ1n) is 4.65. The highest BCUT2D eigenvalue weighted by molar-refractivity contribution is 5.73. The molecule has 0 bridgehead atoms. The number of carbonyl (C=O) groups excluding carboxylic acids is 1. The average molecular weight is 169 g/mol. The lowest BCUT2D eigenvalue weighted by molar-refractivity contribution is -0.126. The van der Waals surface area contributed by atoms with Gasteiger partial charge < -0.3 is 10.4 Å². The number of amides is 1. The standard InChI is InChI=1S/C9H15NO2/c1-5(11)10-8-6-3-2-4-7(6)9(8)12/h6-9,12H,2-4H2,1H3,(H,10,11)/t6-,7+,8-,9+/m0/s1. The maximum absolute atomic E-state index is 10.8. The molecule has 2 fully saturated rings. The van der Waals surface area contributed by atoms with Gasteiger partial charge in [0.2, 0.25) is 5.91 Å². The second-order valence-electron chi connectivity index (χ2n) is 3.98. The monoisotopic (exact) mass is 169 g/mol. The van der Waals surface area contributed by atoms with Gasteiger partial charge >= 0.3 is 0 Å². The number of hydrogen-bond donors (Lipinski definition) is 2. The fraction of sp³-hybridized carbons (Fsp3) is 0.889. The van der Waals surface area contributed by atoms with Gasteiger partial charge in [0.05, 0.1) is 12.1 Å². The Kier molecular flexibility index (Phi) is 1.83. The van der Waals surface area contributed by atoms with Gasteiger partial charge in [0, 0.05) is 6.92 Å². The van der Waals surface area contributed by atoms with Gasteiger partial charge in [0.1, 0.15) is 0 Å². The minimum absolute atomic E-state index is 0.0237. The molecule has 4 atom stereocenters. The molecular weight excluding hydrogens is 154 g/mol. The Balaban J connectivity index is 1.95. The Morgan fingerprint density at radius 1 is 1.42 bits per heavy atom. The Bertz CT molecular complexity index is 205. The van der Waals surface area contributed by atoms with E-state index in [4.69, 9.17) is 0 Å². The Morgan fingerprint density at radius 3 is 2.75 bits per heavy atom. The zero-order valence-corrected chi connectivity index (χ0v) is 7.29. The summed E-state index contributed by atoms with van der Waals surface area (Å²) in [6, 6.07) is 0.0509. The Morgan fingerprint density at radius 2 is 2.08 bits per heavy atom. The predicted octanol–water partition coefficient (Wildman–Crippen LogP) is 0.282. The first kappa shape index (κ1) is 8.05. The van der Waals surface area contributed by atoms with Crippen molar-refractivity contribution in [3.63, 3.8) is 0 Å². The molecule has 2 aliphatic rings. The first-order chi connectivity index (χ1) is 5.70. The summed E-state index contributed by atoms with van der Waals surface area (Å²) in [4.78, 5) is 10.8. The third kappa shape index (κ3) is 1.04. The molecule has 0 saturated heterocycles. The van der Waals surface area contributed by atoms with E-state index in [-0.39, 0.29) is 18.1 Å². The third-order valence-corrected chi connectivity index (χ3v) is 3.26. The van der Waals surface area contributed by atoms with Gasteiger partial charge in [-0.2, -0.15) is 0 Å². The van der Waals surface area contributed by atoms with Gasteiger partial charge in [-0.05, 0) is 24.7 Å². The summed E-state index contributed by atoms with van der Waals surface area (Å²) < 4.78 is 0. The Hall–Kier alpha value is -0.570. The van der Waals surface area contributed by atoms with Crippen LogP contribution in [0.2, 0.25) is 0 Å². The van der Waals surface area contributed by atoms with Gasteiger partial charge in [0.15, 0.2) is 0 Å². The van der Waals surface area contributed by atoms with E-state index in [9.17, 15) is 9.90 Å². The quantitative estimate of drug-likeness (QED) is 0.592. The lowest BCUT2D eigenvalue weighted by Crippen LogP contribution is -2.61. The van der Waals surface area contributed by atoms with E-state index in [1.807, 2.05) is 0 Å². The average Bonchev–Trinajstić information content (AvgIpc) is 2.44. The van der Waals surface area contributed by atoms with Gasteiger partial charge in [-0.3, -0.25) is 4.79 Å². The fourth-order valence-corrected chi connectivity index (χ4v) is 2.69. The summed E-state index contributed by atoms with van der Waals surface area (Å²) >= 11 is 0. The molecule has 0 aromatic carbocycles. The van der Waals surface area contributed by atoms with Gasteiger partial charge in [-0.25, -0.2) is 0 Å². The third-order valence-electron chi connectivity index (χ3n) is 3.26. The van der Waals surface area contributed by atoms with Crippen LogP contribution in [0, 0.1) is 11.8 Å². The lowest BCUT2D eigenvalue weighted by atomic mass is 9.69. The predicted molar refractivity (Wildman–Crippen MR) is 44.4 cm³/mol. The molecule has 3 nitrogen and oxygen atoms in total. The van der Waals surface area contributed by atoms with Crippen molar-refractivity contribution in [3.05, 3.63) is 0 Å². The molecule has 2 rings (SSSR count). The van der Waals surface area contributed by atoms with Gasteiger partial charge in [-0.15, -0.1) is 0 Å².